The monoisotopic (exact) mass is 449 g/mol. The van der Waals surface area contributed by atoms with E-state index in [0.717, 1.165) is 36.1 Å². The molecule has 3 amide bonds. The molecular weight excluding hydrogens is 422 g/mol. The van der Waals surface area contributed by atoms with Crippen LogP contribution < -0.4 is 5.32 Å². The molecule has 0 radical (unpaired) electrons. The number of amides is 3. The van der Waals surface area contributed by atoms with Gasteiger partial charge in [-0.3, -0.25) is 14.8 Å². The number of rotatable bonds is 4. The summed E-state index contributed by atoms with van der Waals surface area (Å²) in [6.45, 7) is 4.58. The first-order chi connectivity index (χ1) is 16.1. The lowest BCUT2D eigenvalue weighted by Crippen LogP contribution is -2.49. The van der Waals surface area contributed by atoms with Crippen LogP contribution in [0.15, 0.2) is 36.7 Å². The van der Waals surface area contributed by atoms with Crippen molar-refractivity contribution in [3.8, 4) is 0 Å². The molecule has 3 N–H and O–H groups in total. The highest BCUT2D eigenvalue weighted by Crippen LogP contribution is 2.25. The number of benzene rings is 1. The molecule has 0 saturated carbocycles. The number of aliphatic hydroxyl groups is 1. The first-order valence-electron chi connectivity index (χ1n) is 11.2. The Morgan fingerprint density at radius 3 is 2.76 bits per heavy atom. The molecule has 0 bridgehead atoms. The second-order valence-electron chi connectivity index (χ2n) is 8.43. The van der Waals surface area contributed by atoms with Crippen molar-refractivity contribution in [2.24, 2.45) is 0 Å². The predicted octanol–water partition coefficient (Wildman–Crippen LogP) is 1.30. The van der Waals surface area contributed by atoms with E-state index in [-0.39, 0.29) is 18.5 Å². The van der Waals surface area contributed by atoms with Gasteiger partial charge in [0.15, 0.2) is 5.65 Å². The summed E-state index contributed by atoms with van der Waals surface area (Å²) in [7, 11) is 0. The molecule has 0 atom stereocenters. The summed E-state index contributed by atoms with van der Waals surface area (Å²) in [5, 5.41) is 20.0. The van der Waals surface area contributed by atoms with E-state index in [4.69, 9.17) is 5.11 Å². The number of piperazine rings is 1. The normalized spacial score (nSPS) is 16.6. The van der Waals surface area contributed by atoms with E-state index in [1.807, 2.05) is 4.90 Å². The number of H-pyrrole nitrogens is 1. The van der Waals surface area contributed by atoms with Gasteiger partial charge in [0, 0.05) is 68.6 Å². The minimum Gasteiger partial charge on any atom is -0.395 e. The Hall–Kier alpha value is -3.50. The van der Waals surface area contributed by atoms with Crippen LogP contribution in [0.4, 0.5) is 10.5 Å². The van der Waals surface area contributed by atoms with Crippen LogP contribution in [0.2, 0.25) is 0 Å². The third kappa shape index (κ3) is 4.39. The molecule has 10 nitrogen and oxygen atoms in total. The van der Waals surface area contributed by atoms with Crippen molar-refractivity contribution in [3.63, 3.8) is 0 Å². The zero-order chi connectivity index (χ0) is 22.8. The van der Waals surface area contributed by atoms with Gasteiger partial charge in [0.2, 0.25) is 0 Å². The van der Waals surface area contributed by atoms with Crippen molar-refractivity contribution in [2.45, 2.75) is 13.0 Å². The molecule has 2 aliphatic rings. The molecule has 10 heteroatoms. The smallest absolute Gasteiger partial charge is 0.322 e. The van der Waals surface area contributed by atoms with Crippen molar-refractivity contribution in [2.75, 3.05) is 51.2 Å². The van der Waals surface area contributed by atoms with E-state index in [1.165, 1.54) is 5.56 Å². The number of aromatic nitrogens is 3. The van der Waals surface area contributed by atoms with Gasteiger partial charge in [-0.2, -0.15) is 5.10 Å². The Morgan fingerprint density at radius 2 is 1.94 bits per heavy atom. The highest BCUT2D eigenvalue weighted by Gasteiger charge is 2.24. The van der Waals surface area contributed by atoms with Gasteiger partial charge in [-0.25, -0.2) is 9.78 Å². The molecule has 2 aromatic heterocycles. The maximum absolute atomic E-state index is 12.9. The Balaban J connectivity index is 1.22. The Kier molecular flexibility index (Phi) is 5.93. The second-order valence-corrected chi connectivity index (χ2v) is 8.43. The van der Waals surface area contributed by atoms with Crippen LogP contribution in [0.5, 0.6) is 0 Å². The molecule has 1 aromatic carbocycles. The number of fused-ring (bicyclic) bond motifs is 3. The number of nitrogens with one attached hydrogen (secondary N) is 2. The van der Waals surface area contributed by atoms with Gasteiger partial charge in [0.1, 0.15) is 0 Å². The number of hydrogen-bond acceptors (Lipinski definition) is 6. The Morgan fingerprint density at radius 1 is 1.09 bits per heavy atom. The standard InChI is InChI=1S/C23H27N7O3/c31-11-10-28-6-8-29(9-7-28)22(32)16-2-1-3-18(12-16)26-23(33)30-5-4-19-17(15-30)13-24-21-20(19)14-25-27-21/h1-3,12-14,31H,4-11,15H2,(H,26,33)(H,24,25,27). The largest absolute Gasteiger partial charge is 0.395 e. The first-order valence-corrected chi connectivity index (χ1v) is 11.2. The summed E-state index contributed by atoms with van der Waals surface area (Å²) in [6.07, 6.45) is 4.32. The van der Waals surface area contributed by atoms with Gasteiger partial charge >= 0.3 is 6.03 Å². The van der Waals surface area contributed by atoms with E-state index in [9.17, 15) is 9.59 Å². The lowest BCUT2D eigenvalue weighted by Gasteiger charge is -2.34. The van der Waals surface area contributed by atoms with Gasteiger partial charge in [0.05, 0.1) is 12.8 Å². The molecule has 33 heavy (non-hydrogen) atoms. The maximum Gasteiger partial charge on any atom is 0.322 e. The van der Waals surface area contributed by atoms with E-state index in [2.05, 4.69) is 25.4 Å². The highest BCUT2D eigenvalue weighted by molar-refractivity contribution is 5.97. The Bertz CT molecular complexity index is 1170. The molecule has 1 fully saturated rings. The molecule has 3 aromatic rings. The molecule has 4 heterocycles. The fraction of sp³-hybridized carbons (Fsp3) is 0.391. The summed E-state index contributed by atoms with van der Waals surface area (Å²) in [5.41, 5.74) is 4.12. The second kappa shape index (κ2) is 9.16. The van der Waals surface area contributed by atoms with Crippen LogP contribution in [0.1, 0.15) is 21.5 Å². The summed E-state index contributed by atoms with van der Waals surface area (Å²) in [5.74, 6) is -0.0446. The highest BCUT2D eigenvalue weighted by atomic mass is 16.3. The summed E-state index contributed by atoms with van der Waals surface area (Å²) in [4.78, 5) is 36.0. The number of hydrogen-bond donors (Lipinski definition) is 3. The maximum atomic E-state index is 12.9. The average molecular weight is 450 g/mol. The van der Waals surface area contributed by atoms with Crippen LogP contribution in [0.3, 0.4) is 0 Å². The van der Waals surface area contributed by atoms with Crippen molar-refractivity contribution < 1.29 is 14.7 Å². The third-order valence-electron chi connectivity index (χ3n) is 6.40. The summed E-state index contributed by atoms with van der Waals surface area (Å²) in [6, 6.07) is 6.89. The van der Waals surface area contributed by atoms with Gasteiger partial charge in [-0.05, 0) is 35.7 Å². The number of nitrogens with zero attached hydrogens (tertiary/aromatic N) is 5. The van der Waals surface area contributed by atoms with E-state index in [0.29, 0.717) is 44.0 Å². The number of carbonyl (C=O) groups is 2. The van der Waals surface area contributed by atoms with Gasteiger partial charge in [-0.15, -0.1) is 0 Å². The number of urea groups is 1. The molecule has 1 saturated heterocycles. The topological polar surface area (TPSA) is 118 Å². The number of anilines is 1. The van der Waals surface area contributed by atoms with Crippen LogP contribution in [0.25, 0.3) is 11.0 Å². The quantitative estimate of drug-likeness (QED) is 0.553. The summed E-state index contributed by atoms with van der Waals surface area (Å²) >= 11 is 0. The summed E-state index contributed by atoms with van der Waals surface area (Å²) < 4.78 is 0. The van der Waals surface area contributed by atoms with Crippen LogP contribution in [0, 0.1) is 0 Å². The van der Waals surface area contributed by atoms with Crippen molar-refractivity contribution in [1.82, 2.24) is 29.9 Å². The molecule has 2 aliphatic heterocycles. The molecule has 172 valence electrons. The zero-order valence-corrected chi connectivity index (χ0v) is 18.3. The Labute approximate surface area is 191 Å². The molecule has 5 rings (SSSR count). The fourth-order valence-corrected chi connectivity index (χ4v) is 4.56. The van der Waals surface area contributed by atoms with Crippen molar-refractivity contribution in [1.29, 1.82) is 0 Å². The lowest BCUT2D eigenvalue weighted by atomic mass is 9.99. The predicted molar refractivity (Wildman–Crippen MR) is 123 cm³/mol. The number of aromatic amines is 1. The minimum atomic E-state index is -0.199. The van der Waals surface area contributed by atoms with E-state index >= 15 is 0 Å². The van der Waals surface area contributed by atoms with E-state index < -0.39 is 0 Å². The molecule has 0 spiro atoms. The molecule has 0 unspecified atom stereocenters. The van der Waals surface area contributed by atoms with Gasteiger partial charge in [-0.1, -0.05) is 6.07 Å². The first kappa shape index (κ1) is 21.4. The number of aliphatic hydroxyl groups excluding tert-OH is 1. The third-order valence-corrected chi connectivity index (χ3v) is 6.40. The molecular formula is C23H27N7O3. The van der Waals surface area contributed by atoms with Crippen LogP contribution in [-0.4, -0.2) is 92.8 Å². The van der Waals surface area contributed by atoms with Gasteiger partial charge in [0.25, 0.3) is 5.91 Å². The number of pyridine rings is 1. The van der Waals surface area contributed by atoms with E-state index in [1.54, 1.807) is 41.6 Å². The number of carbonyl (C=O) groups excluding carboxylic acids is 2. The molecule has 0 aliphatic carbocycles. The lowest BCUT2D eigenvalue weighted by molar-refractivity contribution is 0.0615. The number of β-amino-alcohol motifs (C(OH)–C–C–N with tert-alkyl or cyclic N) is 1. The zero-order valence-electron chi connectivity index (χ0n) is 18.3. The fourth-order valence-electron chi connectivity index (χ4n) is 4.56. The van der Waals surface area contributed by atoms with Crippen molar-refractivity contribution >= 4 is 28.7 Å². The van der Waals surface area contributed by atoms with Crippen LogP contribution in [-0.2, 0) is 13.0 Å². The average Bonchev–Trinajstić information content (AvgIpc) is 3.33. The van der Waals surface area contributed by atoms with Crippen LogP contribution >= 0.6 is 0 Å². The SMILES string of the molecule is O=C(Nc1cccc(C(=O)N2CCN(CCO)CC2)c1)N1CCc2c(cnc3[nH]ncc23)C1. The minimum absolute atomic E-state index is 0.0446. The van der Waals surface area contributed by atoms with Gasteiger partial charge < -0.3 is 20.2 Å². The van der Waals surface area contributed by atoms with Crippen molar-refractivity contribution in [3.05, 3.63) is 53.3 Å².